The summed E-state index contributed by atoms with van der Waals surface area (Å²) in [6, 6.07) is 7.91. The quantitative estimate of drug-likeness (QED) is 0.780. The largest absolute Gasteiger partial charge is 0.397 e. The lowest BCUT2D eigenvalue weighted by molar-refractivity contribution is 0.0955. The number of nitrogens with one attached hydrogen (secondary N) is 1. The zero-order chi connectivity index (χ0) is 15.0. The Hall–Kier alpha value is -2.34. The van der Waals surface area contributed by atoms with E-state index in [0.717, 1.165) is 21.3 Å². The van der Waals surface area contributed by atoms with Gasteiger partial charge < -0.3 is 11.1 Å². The molecule has 0 saturated heterocycles. The van der Waals surface area contributed by atoms with Crippen LogP contribution in [-0.2, 0) is 13.6 Å². The van der Waals surface area contributed by atoms with Crippen LogP contribution < -0.4 is 11.1 Å². The van der Waals surface area contributed by atoms with Crippen LogP contribution in [0.25, 0.3) is 10.1 Å². The number of anilines is 1. The molecule has 0 radical (unpaired) electrons. The molecule has 2 aromatic heterocycles. The van der Waals surface area contributed by atoms with Gasteiger partial charge >= 0.3 is 0 Å². The van der Waals surface area contributed by atoms with E-state index < -0.39 is 0 Å². The van der Waals surface area contributed by atoms with E-state index in [9.17, 15) is 4.79 Å². The fourth-order valence-electron chi connectivity index (χ4n) is 2.23. The van der Waals surface area contributed by atoms with Crippen LogP contribution in [0.1, 0.15) is 20.9 Å². The summed E-state index contributed by atoms with van der Waals surface area (Å²) in [6.45, 7) is 2.45. The molecule has 6 heteroatoms. The molecule has 1 amide bonds. The van der Waals surface area contributed by atoms with E-state index >= 15 is 0 Å². The molecule has 3 rings (SSSR count). The van der Waals surface area contributed by atoms with Crippen molar-refractivity contribution >= 4 is 33.0 Å². The van der Waals surface area contributed by atoms with E-state index in [1.54, 1.807) is 10.9 Å². The number of nitrogen functional groups attached to an aromatic ring is 1. The van der Waals surface area contributed by atoms with Crippen molar-refractivity contribution in [2.75, 3.05) is 5.73 Å². The fourth-order valence-corrected chi connectivity index (χ4v) is 3.24. The van der Waals surface area contributed by atoms with Crippen LogP contribution in [0.5, 0.6) is 0 Å². The Bertz CT molecular complexity index is 818. The Morgan fingerprint density at radius 1 is 1.43 bits per heavy atom. The molecular formula is C15H16N4OS. The highest BCUT2D eigenvalue weighted by Gasteiger charge is 2.16. The summed E-state index contributed by atoms with van der Waals surface area (Å²) in [5.74, 6) is -0.146. The van der Waals surface area contributed by atoms with E-state index in [0.29, 0.717) is 17.1 Å². The maximum atomic E-state index is 12.3. The van der Waals surface area contributed by atoms with Gasteiger partial charge in [-0.05, 0) is 25.1 Å². The van der Waals surface area contributed by atoms with Crippen LogP contribution in [0.15, 0.2) is 30.5 Å². The van der Waals surface area contributed by atoms with Gasteiger partial charge in [0, 0.05) is 23.3 Å². The first-order valence-electron chi connectivity index (χ1n) is 6.60. The minimum atomic E-state index is -0.146. The molecule has 0 atom stereocenters. The van der Waals surface area contributed by atoms with Crippen molar-refractivity contribution in [3.05, 3.63) is 46.6 Å². The van der Waals surface area contributed by atoms with E-state index in [2.05, 4.69) is 10.4 Å². The summed E-state index contributed by atoms with van der Waals surface area (Å²) in [4.78, 5) is 12.9. The zero-order valence-electron chi connectivity index (χ0n) is 11.9. The standard InChI is InChI=1S/C15H16N4OS/c1-9-3-4-12-11(7-9)13(16)14(21-12)15(20)17-8-10-5-6-18-19(10)2/h3-7H,8,16H2,1-2H3,(H,17,20). The van der Waals surface area contributed by atoms with Gasteiger partial charge in [-0.2, -0.15) is 5.10 Å². The van der Waals surface area contributed by atoms with Gasteiger partial charge in [-0.15, -0.1) is 11.3 Å². The van der Waals surface area contributed by atoms with Crippen LogP contribution in [0.4, 0.5) is 5.69 Å². The van der Waals surface area contributed by atoms with Gasteiger partial charge in [0.05, 0.1) is 17.9 Å². The topological polar surface area (TPSA) is 72.9 Å². The zero-order valence-corrected chi connectivity index (χ0v) is 12.7. The van der Waals surface area contributed by atoms with Crippen molar-refractivity contribution in [3.8, 4) is 0 Å². The third kappa shape index (κ3) is 2.50. The fraction of sp³-hybridized carbons (Fsp3) is 0.200. The molecule has 0 spiro atoms. The van der Waals surface area contributed by atoms with Gasteiger partial charge in [0.1, 0.15) is 4.88 Å². The highest BCUT2D eigenvalue weighted by molar-refractivity contribution is 7.21. The second-order valence-electron chi connectivity index (χ2n) is 4.97. The number of benzene rings is 1. The SMILES string of the molecule is Cc1ccc2sc(C(=O)NCc3ccnn3C)c(N)c2c1. The van der Waals surface area contributed by atoms with Crippen LogP contribution in [0.3, 0.4) is 0 Å². The minimum absolute atomic E-state index is 0.146. The lowest BCUT2D eigenvalue weighted by atomic mass is 10.1. The number of hydrogen-bond acceptors (Lipinski definition) is 4. The molecule has 21 heavy (non-hydrogen) atoms. The maximum Gasteiger partial charge on any atom is 0.263 e. The normalized spacial score (nSPS) is 11.0. The van der Waals surface area contributed by atoms with Gasteiger partial charge in [0.2, 0.25) is 0 Å². The number of fused-ring (bicyclic) bond motifs is 1. The molecule has 3 N–H and O–H groups in total. The number of rotatable bonds is 3. The smallest absolute Gasteiger partial charge is 0.263 e. The molecule has 2 heterocycles. The number of thiophene rings is 1. The van der Waals surface area contributed by atoms with E-state index in [1.807, 2.05) is 38.2 Å². The highest BCUT2D eigenvalue weighted by Crippen LogP contribution is 2.34. The van der Waals surface area contributed by atoms with Gasteiger partial charge in [-0.25, -0.2) is 0 Å². The molecule has 0 aliphatic heterocycles. The van der Waals surface area contributed by atoms with Crippen molar-refractivity contribution in [2.24, 2.45) is 7.05 Å². The van der Waals surface area contributed by atoms with Crippen LogP contribution in [0, 0.1) is 6.92 Å². The van der Waals surface area contributed by atoms with Gasteiger partial charge in [-0.3, -0.25) is 9.48 Å². The van der Waals surface area contributed by atoms with Crippen molar-refractivity contribution in [3.63, 3.8) is 0 Å². The minimum Gasteiger partial charge on any atom is -0.397 e. The third-order valence-electron chi connectivity index (χ3n) is 3.44. The second kappa shape index (κ2) is 5.21. The van der Waals surface area contributed by atoms with Crippen LogP contribution in [-0.4, -0.2) is 15.7 Å². The summed E-state index contributed by atoms with van der Waals surface area (Å²) in [5, 5.41) is 7.91. The molecule has 0 saturated carbocycles. The summed E-state index contributed by atoms with van der Waals surface area (Å²) in [5.41, 5.74) is 8.75. The van der Waals surface area contributed by atoms with E-state index in [1.165, 1.54) is 11.3 Å². The molecule has 108 valence electrons. The van der Waals surface area contributed by atoms with E-state index in [4.69, 9.17) is 5.73 Å². The predicted octanol–water partition coefficient (Wildman–Crippen LogP) is 2.46. The molecular weight excluding hydrogens is 284 g/mol. The lowest BCUT2D eigenvalue weighted by Gasteiger charge is -2.04. The third-order valence-corrected chi connectivity index (χ3v) is 4.63. The molecule has 5 nitrogen and oxygen atoms in total. The number of aryl methyl sites for hydroxylation is 2. The van der Waals surface area contributed by atoms with Crippen LogP contribution >= 0.6 is 11.3 Å². The van der Waals surface area contributed by atoms with Crippen LogP contribution in [0.2, 0.25) is 0 Å². The maximum absolute atomic E-state index is 12.3. The Labute approximate surface area is 126 Å². The van der Waals surface area contributed by atoms with Crippen molar-refractivity contribution in [2.45, 2.75) is 13.5 Å². The molecule has 1 aromatic carbocycles. The number of carbonyl (C=O) groups is 1. The number of nitrogens with zero attached hydrogens (tertiary/aromatic N) is 2. The van der Waals surface area contributed by atoms with Crippen molar-refractivity contribution in [1.29, 1.82) is 0 Å². The second-order valence-corrected chi connectivity index (χ2v) is 6.03. The number of nitrogens with two attached hydrogens (primary N) is 1. The summed E-state index contributed by atoms with van der Waals surface area (Å²) < 4.78 is 2.77. The average Bonchev–Trinajstić information content (AvgIpc) is 3.01. The summed E-state index contributed by atoms with van der Waals surface area (Å²) >= 11 is 1.42. The first kappa shape index (κ1) is 13.6. The highest BCUT2D eigenvalue weighted by atomic mass is 32.1. The number of hydrogen-bond donors (Lipinski definition) is 2. The average molecular weight is 300 g/mol. The summed E-state index contributed by atoms with van der Waals surface area (Å²) in [6.07, 6.45) is 1.71. The number of carbonyl (C=O) groups excluding carboxylic acids is 1. The lowest BCUT2D eigenvalue weighted by Crippen LogP contribution is -2.23. The molecule has 0 fully saturated rings. The number of aromatic nitrogens is 2. The first-order valence-corrected chi connectivity index (χ1v) is 7.41. The van der Waals surface area contributed by atoms with E-state index in [-0.39, 0.29) is 5.91 Å². The summed E-state index contributed by atoms with van der Waals surface area (Å²) in [7, 11) is 1.85. The number of amides is 1. The Morgan fingerprint density at radius 2 is 2.24 bits per heavy atom. The van der Waals surface area contributed by atoms with Gasteiger partial charge in [0.15, 0.2) is 0 Å². The first-order chi connectivity index (χ1) is 10.1. The van der Waals surface area contributed by atoms with Gasteiger partial charge in [-0.1, -0.05) is 11.6 Å². The van der Waals surface area contributed by atoms with Gasteiger partial charge in [0.25, 0.3) is 5.91 Å². The van der Waals surface area contributed by atoms with Crippen molar-refractivity contribution in [1.82, 2.24) is 15.1 Å². The predicted molar refractivity (Wildman–Crippen MR) is 85.4 cm³/mol. The van der Waals surface area contributed by atoms with Crippen molar-refractivity contribution < 1.29 is 4.79 Å². The Balaban J connectivity index is 1.84. The monoisotopic (exact) mass is 300 g/mol. The Kier molecular flexibility index (Phi) is 3.39. The Morgan fingerprint density at radius 3 is 2.95 bits per heavy atom. The molecule has 0 aliphatic carbocycles. The molecule has 3 aromatic rings. The molecule has 0 unspecified atom stereocenters. The molecule has 0 bridgehead atoms. The molecule has 0 aliphatic rings.